The zero-order chi connectivity index (χ0) is 16.0. The fourth-order valence-corrected chi connectivity index (χ4v) is 3.86. The van der Waals surface area contributed by atoms with Crippen LogP contribution >= 0.6 is 0 Å². The average molecular weight is 331 g/mol. The maximum Gasteiger partial charge on any atom is 0.328 e. The Morgan fingerprint density at radius 3 is 2.71 bits per heavy atom. The zero-order valence-electron chi connectivity index (χ0n) is 11.6. The van der Waals surface area contributed by atoms with Gasteiger partial charge in [-0.15, -0.1) is 0 Å². The number of nitrogens with one attached hydrogen (secondary N) is 1. The van der Waals surface area contributed by atoms with Crippen molar-refractivity contribution < 1.29 is 22.5 Å². The van der Waals surface area contributed by atoms with E-state index in [1.54, 1.807) is 13.0 Å². The smallest absolute Gasteiger partial charge is 0.328 e. The Morgan fingerprint density at radius 1 is 1.48 bits per heavy atom. The molecule has 8 heteroatoms. The minimum Gasteiger partial charge on any atom is -0.478 e. The van der Waals surface area contributed by atoms with Gasteiger partial charge in [-0.05, 0) is 30.7 Å². The molecule has 0 heterocycles. The van der Waals surface area contributed by atoms with Crippen LogP contribution in [0.15, 0.2) is 35.2 Å². The molecule has 21 heavy (non-hydrogen) atoms. The molecule has 0 radical (unpaired) electrons. The third-order valence-electron chi connectivity index (χ3n) is 2.43. The zero-order valence-corrected chi connectivity index (χ0v) is 13.3. The second-order valence-electron chi connectivity index (χ2n) is 4.51. The van der Waals surface area contributed by atoms with Crippen LogP contribution in [0.5, 0.6) is 0 Å². The van der Waals surface area contributed by atoms with Crippen molar-refractivity contribution in [2.75, 3.05) is 12.0 Å². The first-order valence-electron chi connectivity index (χ1n) is 6.04. The Hall–Kier alpha value is -1.51. The van der Waals surface area contributed by atoms with E-state index in [1.165, 1.54) is 30.5 Å². The molecule has 2 unspecified atom stereocenters. The SMILES string of the molecule is CC(CS(C)=O)NS(=O)(=O)c1cccc(/C=C/C(=O)O)c1. The van der Waals surface area contributed by atoms with E-state index < -0.39 is 32.8 Å². The Morgan fingerprint density at radius 2 is 2.14 bits per heavy atom. The molecule has 0 aliphatic rings. The van der Waals surface area contributed by atoms with Gasteiger partial charge in [-0.3, -0.25) is 4.21 Å². The quantitative estimate of drug-likeness (QED) is 0.721. The van der Waals surface area contributed by atoms with Crippen molar-refractivity contribution in [2.45, 2.75) is 17.9 Å². The summed E-state index contributed by atoms with van der Waals surface area (Å²) in [5, 5.41) is 8.56. The van der Waals surface area contributed by atoms with Crippen LogP contribution < -0.4 is 4.72 Å². The number of carboxylic acid groups (broad SMARTS) is 1. The topological polar surface area (TPSA) is 101 Å². The summed E-state index contributed by atoms with van der Waals surface area (Å²) in [5.74, 6) is -0.891. The van der Waals surface area contributed by atoms with Crippen molar-refractivity contribution in [3.05, 3.63) is 35.9 Å². The average Bonchev–Trinajstić information content (AvgIpc) is 2.35. The van der Waals surface area contributed by atoms with Gasteiger partial charge in [0.05, 0.1) is 4.90 Å². The molecule has 0 spiro atoms. The number of sulfonamides is 1. The van der Waals surface area contributed by atoms with E-state index in [2.05, 4.69) is 4.72 Å². The summed E-state index contributed by atoms with van der Waals surface area (Å²) in [6.45, 7) is 1.63. The van der Waals surface area contributed by atoms with Crippen molar-refractivity contribution >= 4 is 32.9 Å². The summed E-state index contributed by atoms with van der Waals surface area (Å²) < 4.78 is 37.9. The second-order valence-corrected chi connectivity index (χ2v) is 7.70. The summed E-state index contributed by atoms with van der Waals surface area (Å²) in [6, 6.07) is 5.45. The maximum absolute atomic E-state index is 12.2. The van der Waals surface area contributed by atoms with Gasteiger partial charge >= 0.3 is 5.97 Å². The lowest BCUT2D eigenvalue weighted by Gasteiger charge is -2.13. The van der Waals surface area contributed by atoms with Gasteiger partial charge in [0.25, 0.3) is 0 Å². The normalized spacial score (nSPS) is 15.0. The van der Waals surface area contributed by atoms with E-state index in [9.17, 15) is 17.4 Å². The highest BCUT2D eigenvalue weighted by Crippen LogP contribution is 2.13. The molecule has 116 valence electrons. The van der Waals surface area contributed by atoms with Gasteiger partial charge in [-0.1, -0.05) is 12.1 Å². The molecule has 6 nitrogen and oxygen atoms in total. The summed E-state index contributed by atoms with van der Waals surface area (Å²) in [7, 11) is -4.83. The highest BCUT2D eigenvalue weighted by molar-refractivity contribution is 7.89. The van der Waals surface area contributed by atoms with Crippen molar-refractivity contribution in [2.24, 2.45) is 0 Å². The number of rotatable bonds is 7. The molecule has 0 saturated carbocycles. The largest absolute Gasteiger partial charge is 0.478 e. The van der Waals surface area contributed by atoms with Crippen LogP contribution in [0.4, 0.5) is 0 Å². The van der Waals surface area contributed by atoms with Gasteiger partial charge in [-0.2, -0.15) is 0 Å². The highest BCUT2D eigenvalue weighted by atomic mass is 32.2. The predicted octanol–water partition coefficient (Wildman–Crippen LogP) is 0.830. The molecular formula is C13H17NO5S2. The van der Waals surface area contributed by atoms with Gasteiger partial charge in [0.1, 0.15) is 0 Å². The van der Waals surface area contributed by atoms with Crippen LogP contribution in [0.25, 0.3) is 6.08 Å². The van der Waals surface area contributed by atoms with Gasteiger partial charge < -0.3 is 5.11 Å². The molecule has 0 aliphatic heterocycles. The molecule has 1 rings (SSSR count). The summed E-state index contributed by atoms with van der Waals surface area (Å²) in [5.41, 5.74) is 0.465. The molecule has 2 N–H and O–H groups in total. The molecule has 0 fully saturated rings. The summed E-state index contributed by atoms with van der Waals surface area (Å²) >= 11 is 0. The van der Waals surface area contributed by atoms with Crippen LogP contribution in [-0.2, 0) is 25.6 Å². The number of hydrogen-bond acceptors (Lipinski definition) is 4. The van der Waals surface area contributed by atoms with Crippen LogP contribution in [0.1, 0.15) is 12.5 Å². The predicted molar refractivity (Wildman–Crippen MR) is 81.8 cm³/mol. The Kier molecular flexibility index (Phi) is 6.25. The fourth-order valence-electron chi connectivity index (χ4n) is 1.67. The van der Waals surface area contributed by atoms with E-state index in [0.717, 1.165) is 6.08 Å². The van der Waals surface area contributed by atoms with E-state index in [4.69, 9.17) is 5.11 Å². The van der Waals surface area contributed by atoms with Crippen LogP contribution in [-0.4, -0.2) is 41.8 Å². The first-order chi connectivity index (χ1) is 9.70. The lowest BCUT2D eigenvalue weighted by atomic mass is 10.2. The second kappa shape index (κ2) is 7.48. The van der Waals surface area contributed by atoms with Gasteiger partial charge in [-0.25, -0.2) is 17.9 Å². The molecule has 0 bridgehead atoms. The number of aliphatic carboxylic acids is 1. The third kappa shape index (κ3) is 6.19. The van der Waals surface area contributed by atoms with E-state index in [-0.39, 0.29) is 10.6 Å². The number of benzene rings is 1. The van der Waals surface area contributed by atoms with E-state index >= 15 is 0 Å². The Labute approximate surface area is 126 Å². The first kappa shape index (κ1) is 17.5. The van der Waals surface area contributed by atoms with E-state index in [0.29, 0.717) is 5.56 Å². The molecule has 0 amide bonds. The van der Waals surface area contributed by atoms with Crippen LogP contribution in [0.2, 0.25) is 0 Å². The van der Waals surface area contributed by atoms with Crippen molar-refractivity contribution in [3.63, 3.8) is 0 Å². The van der Waals surface area contributed by atoms with Crippen molar-refractivity contribution in [1.29, 1.82) is 0 Å². The minimum atomic E-state index is -3.73. The lowest BCUT2D eigenvalue weighted by Crippen LogP contribution is -2.36. The molecule has 1 aromatic rings. The summed E-state index contributed by atoms with van der Waals surface area (Å²) in [6.07, 6.45) is 3.75. The minimum absolute atomic E-state index is 0.0313. The Balaban J connectivity index is 2.96. The Bertz CT molecular complexity index is 667. The first-order valence-corrected chi connectivity index (χ1v) is 9.25. The standard InChI is InChI=1S/C13H17NO5S2/c1-10(9-20(2)17)14-21(18,19)12-5-3-4-11(8-12)6-7-13(15)16/h3-8,10,14H,9H2,1-2H3,(H,15,16)/b7-6+. The summed E-state index contributed by atoms with van der Waals surface area (Å²) in [4.78, 5) is 10.5. The number of carboxylic acids is 1. The van der Waals surface area contributed by atoms with Crippen LogP contribution in [0.3, 0.4) is 0 Å². The van der Waals surface area contributed by atoms with Gasteiger partial charge in [0.2, 0.25) is 10.0 Å². The lowest BCUT2D eigenvalue weighted by molar-refractivity contribution is -0.131. The molecule has 2 atom stereocenters. The number of hydrogen-bond donors (Lipinski definition) is 2. The number of carbonyl (C=O) groups is 1. The molecule has 0 saturated heterocycles. The van der Waals surface area contributed by atoms with Gasteiger partial charge in [0, 0.05) is 34.9 Å². The highest BCUT2D eigenvalue weighted by Gasteiger charge is 2.18. The molecule has 0 aromatic heterocycles. The van der Waals surface area contributed by atoms with Crippen molar-refractivity contribution in [1.82, 2.24) is 4.72 Å². The van der Waals surface area contributed by atoms with Crippen molar-refractivity contribution in [3.8, 4) is 0 Å². The van der Waals surface area contributed by atoms with Gasteiger partial charge in [0.15, 0.2) is 0 Å². The molecular weight excluding hydrogens is 314 g/mol. The molecule has 1 aromatic carbocycles. The molecule has 0 aliphatic carbocycles. The fraction of sp³-hybridized carbons (Fsp3) is 0.308. The van der Waals surface area contributed by atoms with Crippen LogP contribution in [0, 0.1) is 0 Å². The third-order valence-corrected chi connectivity index (χ3v) is 4.98. The van der Waals surface area contributed by atoms with E-state index in [1.807, 2.05) is 0 Å². The maximum atomic E-state index is 12.2. The monoisotopic (exact) mass is 331 g/mol.